The van der Waals surface area contributed by atoms with Crippen LogP contribution >= 0.6 is 22.6 Å². The van der Waals surface area contributed by atoms with E-state index in [0.717, 1.165) is 0 Å². The Labute approximate surface area is 143 Å². The molecule has 0 atom stereocenters. The summed E-state index contributed by atoms with van der Waals surface area (Å²) < 4.78 is 0.618. The zero-order valence-corrected chi connectivity index (χ0v) is 16.6. The van der Waals surface area contributed by atoms with Gasteiger partial charge in [0.1, 0.15) is 0 Å². The average Bonchev–Trinajstić information content (AvgIpc) is 2.45. The van der Waals surface area contributed by atoms with E-state index in [2.05, 4.69) is 43.4 Å². The van der Waals surface area contributed by atoms with E-state index >= 15 is 0 Å². The Morgan fingerprint density at radius 1 is 0.500 bits per heavy atom. The quantitative estimate of drug-likeness (QED) is 0.150. The number of alkyl halides is 1. The summed E-state index contributed by atoms with van der Waals surface area (Å²) >= 11 is 2.83. The monoisotopic (exact) mass is 394 g/mol. The molecule has 0 bridgehead atoms. The van der Waals surface area contributed by atoms with Gasteiger partial charge in [-0.2, -0.15) is 0 Å². The van der Waals surface area contributed by atoms with Crippen molar-refractivity contribution in [2.75, 3.05) is 0 Å². The smallest absolute Gasteiger partial charge is 0.0222 e. The highest BCUT2D eigenvalue weighted by atomic mass is 127. The molecule has 20 heavy (non-hydrogen) atoms. The van der Waals surface area contributed by atoms with Crippen molar-refractivity contribution in [3.63, 3.8) is 0 Å². The maximum Gasteiger partial charge on any atom is 0.0222 e. The molecule has 0 nitrogen and oxygen atoms in total. The van der Waals surface area contributed by atoms with Gasteiger partial charge in [-0.15, -0.1) is 0 Å². The molecule has 0 heterocycles. The molecule has 0 saturated heterocycles. The zero-order valence-electron chi connectivity index (χ0n) is 14.5. The van der Waals surface area contributed by atoms with Gasteiger partial charge in [0, 0.05) is 3.42 Å². The molecule has 122 valence electrons. The summed E-state index contributed by atoms with van der Waals surface area (Å²) in [6.07, 6.45) is 21.5. The molecule has 0 aliphatic rings. The van der Waals surface area contributed by atoms with Gasteiger partial charge in [-0.25, -0.2) is 0 Å². The maximum atomic E-state index is 2.83. The molecule has 0 aromatic carbocycles. The summed E-state index contributed by atoms with van der Waals surface area (Å²) in [7, 11) is 0. The lowest BCUT2D eigenvalue weighted by molar-refractivity contribution is 0.425. The summed E-state index contributed by atoms with van der Waals surface area (Å²) in [6, 6.07) is 0. The lowest BCUT2D eigenvalue weighted by Crippen LogP contribution is -2.20. The second-order valence-electron chi connectivity index (χ2n) is 6.58. The summed E-state index contributed by atoms with van der Waals surface area (Å²) in [4.78, 5) is 0. The van der Waals surface area contributed by atoms with Crippen LogP contribution < -0.4 is 0 Å². The normalized spacial score (nSPS) is 12.0. The van der Waals surface area contributed by atoms with Crippen molar-refractivity contribution >= 4 is 22.6 Å². The summed E-state index contributed by atoms with van der Waals surface area (Å²) in [5, 5.41) is 0. The first kappa shape index (κ1) is 20.7. The summed E-state index contributed by atoms with van der Waals surface area (Å²) in [5.41, 5.74) is 0. The molecule has 0 amide bonds. The molecule has 0 rings (SSSR count). The van der Waals surface area contributed by atoms with Gasteiger partial charge in [-0.3, -0.25) is 0 Å². The highest BCUT2D eigenvalue weighted by Gasteiger charge is 2.24. The SMILES string of the molecule is CCCCCCC(I)(CCCCCC)CCCCCC. The Bertz CT molecular complexity index is 157. The molecule has 0 saturated carbocycles. The molecule has 1 heteroatoms. The van der Waals surface area contributed by atoms with E-state index in [1.54, 1.807) is 0 Å². The highest BCUT2D eigenvalue weighted by molar-refractivity contribution is 14.1. The maximum absolute atomic E-state index is 2.83. The Balaban J connectivity index is 3.98. The van der Waals surface area contributed by atoms with Crippen LogP contribution in [-0.2, 0) is 0 Å². The van der Waals surface area contributed by atoms with E-state index in [0.29, 0.717) is 3.42 Å². The number of hydrogen-bond acceptors (Lipinski definition) is 0. The first-order valence-electron chi connectivity index (χ1n) is 9.37. The molecule has 0 aromatic heterocycles. The van der Waals surface area contributed by atoms with Crippen LogP contribution in [0.15, 0.2) is 0 Å². The Morgan fingerprint density at radius 2 is 0.800 bits per heavy atom. The lowest BCUT2D eigenvalue weighted by atomic mass is 9.89. The van der Waals surface area contributed by atoms with E-state index in [9.17, 15) is 0 Å². The first-order chi connectivity index (χ1) is 9.68. The van der Waals surface area contributed by atoms with E-state index in [-0.39, 0.29) is 0 Å². The van der Waals surface area contributed by atoms with Crippen LogP contribution in [-0.4, -0.2) is 3.42 Å². The second-order valence-corrected chi connectivity index (χ2v) is 8.87. The van der Waals surface area contributed by atoms with Crippen molar-refractivity contribution < 1.29 is 0 Å². The van der Waals surface area contributed by atoms with Crippen LogP contribution in [0.2, 0.25) is 0 Å². The molecule has 0 unspecified atom stereocenters. The third kappa shape index (κ3) is 12.5. The number of hydrogen-bond donors (Lipinski definition) is 0. The Morgan fingerprint density at radius 3 is 1.05 bits per heavy atom. The van der Waals surface area contributed by atoms with Crippen LogP contribution in [0.5, 0.6) is 0 Å². The second kappa shape index (κ2) is 14.7. The van der Waals surface area contributed by atoms with Crippen molar-refractivity contribution in [2.45, 2.75) is 121 Å². The van der Waals surface area contributed by atoms with Crippen LogP contribution in [0.25, 0.3) is 0 Å². The number of unbranched alkanes of at least 4 members (excludes halogenated alkanes) is 9. The molecule has 0 radical (unpaired) electrons. The third-order valence-corrected chi connectivity index (χ3v) is 6.05. The van der Waals surface area contributed by atoms with E-state index < -0.39 is 0 Å². The zero-order chi connectivity index (χ0) is 15.1. The molecule has 0 N–H and O–H groups in total. The minimum Gasteiger partial charge on any atom is -0.0789 e. The van der Waals surface area contributed by atoms with Crippen LogP contribution in [0.4, 0.5) is 0 Å². The number of halogens is 1. The summed E-state index contributed by atoms with van der Waals surface area (Å²) in [6.45, 7) is 6.94. The Hall–Kier alpha value is 0.730. The van der Waals surface area contributed by atoms with Gasteiger partial charge in [0.15, 0.2) is 0 Å². The molecular formula is C19H39I. The van der Waals surface area contributed by atoms with Crippen molar-refractivity contribution in [3.05, 3.63) is 0 Å². The van der Waals surface area contributed by atoms with Crippen molar-refractivity contribution in [3.8, 4) is 0 Å². The van der Waals surface area contributed by atoms with Gasteiger partial charge in [-0.1, -0.05) is 120 Å². The van der Waals surface area contributed by atoms with Gasteiger partial charge in [-0.05, 0) is 19.3 Å². The van der Waals surface area contributed by atoms with Crippen molar-refractivity contribution in [1.29, 1.82) is 0 Å². The highest BCUT2D eigenvalue weighted by Crippen LogP contribution is 2.37. The van der Waals surface area contributed by atoms with Crippen LogP contribution in [0.3, 0.4) is 0 Å². The molecule has 0 aromatic rings. The average molecular weight is 394 g/mol. The minimum absolute atomic E-state index is 0.618. The minimum atomic E-state index is 0.618. The van der Waals surface area contributed by atoms with Gasteiger partial charge in [0.05, 0.1) is 0 Å². The molecular weight excluding hydrogens is 355 g/mol. The predicted octanol–water partition coefficient (Wildman–Crippen LogP) is 8.07. The lowest BCUT2D eigenvalue weighted by Gasteiger charge is -2.28. The van der Waals surface area contributed by atoms with Crippen LogP contribution in [0, 0.1) is 0 Å². The summed E-state index contributed by atoms with van der Waals surface area (Å²) in [5.74, 6) is 0. The molecule has 0 aliphatic heterocycles. The first-order valence-corrected chi connectivity index (χ1v) is 10.4. The standard InChI is InChI=1S/C19H39I/c1-4-7-10-13-16-19(20,17-14-11-8-5-2)18-15-12-9-6-3/h4-18H2,1-3H3. The van der Waals surface area contributed by atoms with E-state index in [1.165, 1.54) is 96.3 Å². The fourth-order valence-corrected chi connectivity index (χ4v) is 4.12. The topological polar surface area (TPSA) is 0 Å². The van der Waals surface area contributed by atoms with Gasteiger partial charge in [0.25, 0.3) is 0 Å². The van der Waals surface area contributed by atoms with Crippen molar-refractivity contribution in [1.82, 2.24) is 0 Å². The molecule has 0 spiro atoms. The van der Waals surface area contributed by atoms with E-state index in [4.69, 9.17) is 0 Å². The largest absolute Gasteiger partial charge is 0.0789 e. The van der Waals surface area contributed by atoms with Crippen molar-refractivity contribution in [2.24, 2.45) is 0 Å². The molecule has 0 fully saturated rings. The number of rotatable bonds is 15. The predicted molar refractivity (Wildman–Crippen MR) is 103 cm³/mol. The van der Waals surface area contributed by atoms with Gasteiger partial charge < -0.3 is 0 Å². The van der Waals surface area contributed by atoms with Gasteiger partial charge >= 0.3 is 0 Å². The van der Waals surface area contributed by atoms with Crippen LogP contribution in [0.1, 0.15) is 117 Å². The molecule has 0 aliphatic carbocycles. The van der Waals surface area contributed by atoms with Gasteiger partial charge in [0.2, 0.25) is 0 Å². The fraction of sp³-hybridized carbons (Fsp3) is 1.00. The Kier molecular flexibility index (Phi) is 15.2. The van der Waals surface area contributed by atoms with E-state index in [1.807, 2.05) is 0 Å². The fourth-order valence-electron chi connectivity index (χ4n) is 2.98. The third-order valence-electron chi connectivity index (χ3n) is 4.44.